The van der Waals surface area contributed by atoms with Crippen molar-refractivity contribution in [1.29, 1.82) is 5.26 Å². The van der Waals surface area contributed by atoms with Crippen LogP contribution in [0.5, 0.6) is 5.88 Å². The number of nitrogens with zero attached hydrogens (tertiary/aromatic N) is 5. The Hall–Kier alpha value is -3.61. The lowest BCUT2D eigenvalue weighted by molar-refractivity contribution is -0.124. The largest absolute Gasteiger partial charge is 0.492 e. The zero-order chi connectivity index (χ0) is 22.0. The number of rotatable bonds is 7. The van der Waals surface area contributed by atoms with Crippen LogP contribution in [-0.4, -0.2) is 55.6 Å². The van der Waals surface area contributed by atoms with Crippen LogP contribution in [-0.2, 0) is 11.3 Å². The highest BCUT2D eigenvalue weighted by molar-refractivity contribution is 5.97. The molecular formula is C20H24N6O4. The number of nitriles is 1. The molecule has 2 N–H and O–H groups in total. The fraction of sp³-hybridized carbons (Fsp3) is 0.450. The summed E-state index contributed by atoms with van der Waals surface area (Å²) in [4.78, 5) is 39.0. The van der Waals surface area contributed by atoms with E-state index < -0.39 is 23.3 Å². The predicted octanol–water partition coefficient (Wildman–Crippen LogP) is 0.745. The second-order valence-corrected chi connectivity index (χ2v) is 7.78. The normalized spacial score (nSPS) is 13.7. The molecule has 0 spiro atoms. The highest BCUT2D eigenvalue weighted by Gasteiger charge is 2.29. The van der Waals surface area contributed by atoms with Gasteiger partial charge in [-0.1, -0.05) is 13.8 Å². The van der Waals surface area contributed by atoms with Gasteiger partial charge < -0.3 is 15.3 Å². The molecule has 2 aromatic heterocycles. The summed E-state index contributed by atoms with van der Waals surface area (Å²) in [6, 6.07) is 1.92. The minimum Gasteiger partial charge on any atom is -0.492 e. The molecule has 10 heteroatoms. The summed E-state index contributed by atoms with van der Waals surface area (Å²) in [6.45, 7) is 4.08. The Labute approximate surface area is 173 Å². The second kappa shape index (κ2) is 8.41. The molecule has 1 aliphatic rings. The predicted molar refractivity (Wildman–Crippen MR) is 109 cm³/mol. The number of nitrogens with one attached hydrogen (secondary N) is 1. The first-order valence-electron chi connectivity index (χ1n) is 9.69. The minimum atomic E-state index is -0.625. The minimum absolute atomic E-state index is 0.0260. The van der Waals surface area contributed by atoms with Gasteiger partial charge in [0.2, 0.25) is 11.8 Å². The molecule has 2 amide bonds. The fourth-order valence-electron chi connectivity index (χ4n) is 3.02. The first kappa shape index (κ1) is 21.1. The van der Waals surface area contributed by atoms with Gasteiger partial charge in [-0.3, -0.25) is 19.0 Å². The van der Waals surface area contributed by atoms with Crippen LogP contribution in [0, 0.1) is 17.2 Å². The molecule has 0 aliphatic heterocycles. The smallest absolute Gasteiger partial charge is 0.270 e. The van der Waals surface area contributed by atoms with Crippen LogP contribution in [0.3, 0.4) is 0 Å². The highest BCUT2D eigenvalue weighted by atomic mass is 16.3. The van der Waals surface area contributed by atoms with E-state index in [2.05, 4.69) is 10.4 Å². The van der Waals surface area contributed by atoms with Crippen molar-refractivity contribution in [2.45, 2.75) is 39.3 Å². The standard InChI is InChI=1S/C20H24N6O4/c1-12(2)11-25-18-13(4-7-15(27)24(3)9-8-21)10-22-26(18)20(30)16(19(25)29)17(28)23-14-5-6-14/h4,7,10,12,14,30H,5-6,9,11H2,1-3H3,(H,23,28). The van der Waals surface area contributed by atoms with E-state index in [9.17, 15) is 19.5 Å². The lowest BCUT2D eigenvalue weighted by Gasteiger charge is -2.15. The van der Waals surface area contributed by atoms with Crippen LogP contribution in [0.25, 0.3) is 11.7 Å². The van der Waals surface area contributed by atoms with Crippen molar-refractivity contribution in [1.82, 2.24) is 24.4 Å². The van der Waals surface area contributed by atoms with Crippen LogP contribution in [0.1, 0.15) is 42.6 Å². The average Bonchev–Trinajstić information content (AvgIpc) is 3.39. The van der Waals surface area contributed by atoms with Gasteiger partial charge in [-0.25, -0.2) is 0 Å². The summed E-state index contributed by atoms with van der Waals surface area (Å²) >= 11 is 0. The molecule has 0 unspecified atom stereocenters. The number of hydrogen-bond donors (Lipinski definition) is 2. The first-order valence-corrected chi connectivity index (χ1v) is 9.69. The lowest BCUT2D eigenvalue weighted by atomic mass is 10.2. The Morgan fingerprint density at radius 1 is 1.47 bits per heavy atom. The van der Waals surface area contributed by atoms with Crippen LogP contribution in [0.15, 0.2) is 17.1 Å². The maximum Gasteiger partial charge on any atom is 0.270 e. The van der Waals surface area contributed by atoms with E-state index in [1.807, 2.05) is 19.9 Å². The number of aromatic nitrogens is 3. The van der Waals surface area contributed by atoms with E-state index in [1.165, 1.54) is 34.9 Å². The quantitative estimate of drug-likeness (QED) is 0.509. The fourth-order valence-corrected chi connectivity index (χ4v) is 3.02. The molecule has 0 radical (unpaired) electrons. The van der Waals surface area contributed by atoms with E-state index in [4.69, 9.17) is 5.26 Å². The highest BCUT2D eigenvalue weighted by Crippen LogP contribution is 2.23. The molecule has 0 atom stereocenters. The molecule has 0 bridgehead atoms. The molecule has 2 aromatic rings. The topological polar surface area (TPSA) is 133 Å². The van der Waals surface area contributed by atoms with Gasteiger partial charge in [-0.15, -0.1) is 0 Å². The van der Waals surface area contributed by atoms with Gasteiger partial charge in [0.1, 0.15) is 12.2 Å². The zero-order valence-corrected chi connectivity index (χ0v) is 17.1. The van der Waals surface area contributed by atoms with Gasteiger partial charge >= 0.3 is 0 Å². The number of fused-ring (bicyclic) bond motifs is 1. The Balaban J connectivity index is 2.11. The van der Waals surface area contributed by atoms with Crippen LogP contribution in [0.2, 0.25) is 0 Å². The van der Waals surface area contributed by atoms with Crippen molar-refractivity contribution in [3.8, 4) is 11.9 Å². The monoisotopic (exact) mass is 412 g/mol. The van der Waals surface area contributed by atoms with E-state index in [-0.39, 0.29) is 29.7 Å². The molecule has 10 nitrogen and oxygen atoms in total. The Bertz CT molecular complexity index is 1120. The summed E-state index contributed by atoms with van der Waals surface area (Å²) in [6.07, 6.45) is 5.84. The van der Waals surface area contributed by atoms with Gasteiger partial charge in [0, 0.05) is 31.3 Å². The Morgan fingerprint density at radius 3 is 2.77 bits per heavy atom. The van der Waals surface area contributed by atoms with E-state index in [0.717, 1.165) is 17.4 Å². The Morgan fingerprint density at radius 2 is 2.17 bits per heavy atom. The number of aromatic hydroxyl groups is 1. The van der Waals surface area contributed by atoms with Crippen molar-refractivity contribution < 1.29 is 14.7 Å². The summed E-state index contributed by atoms with van der Waals surface area (Å²) in [7, 11) is 1.50. The van der Waals surface area contributed by atoms with Crippen LogP contribution in [0.4, 0.5) is 0 Å². The number of likely N-dealkylation sites (N-methyl/N-ethyl adjacent to an activating group) is 1. The summed E-state index contributed by atoms with van der Waals surface area (Å²) in [5, 5.41) is 26.2. The van der Waals surface area contributed by atoms with Gasteiger partial charge in [0.15, 0.2) is 5.56 Å². The summed E-state index contributed by atoms with van der Waals surface area (Å²) in [5.74, 6) is -1.48. The Kier molecular flexibility index (Phi) is 5.91. The van der Waals surface area contributed by atoms with Crippen molar-refractivity contribution in [3.63, 3.8) is 0 Å². The zero-order valence-electron chi connectivity index (χ0n) is 17.1. The molecule has 3 rings (SSSR count). The van der Waals surface area contributed by atoms with E-state index in [0.29, 0.717) is 12.1 Å². The molecule has 0 aromatic carbocycles. The molecule has 30 heavy (non-hydrogen) atoms. The molecule has 1 saturated carbocycles. The van der Waals surface area contributed by atoms with Crippen LogP contribution < -0.4 is 10.9 Å². The third-order valence-electron chi connectivity index (χ3n) is 4.69. The third-order valence-corrected chi connectivity index (χ3v) is 4.69. The van der Waals surface area contributed by atoms with Gasteiger partial charge in [-0.2, -0.15) is 14.9 Å². The SMILES string of the molecule is CC(C)Cn1c(=O)c(C(=O)NC2CC2)c(O)n2ncc(C=CC(=O)N(C)CC#N)c12. The summed E-state index contributed by atoms with van der Waals surface area (Å²) in [5.41, 5.74) is -0.259. The van der Waals surface area contributed by atoms with E-state index >= 15 is 0 Å². The van der Waals surface area contributed by atoms with Crippen molar-refractivity contribution in [2.75, 3.05) is 13.6 Å². The molecule has 1 aliphatic carbocycles. The molecule has 158 valence electrons. The lowest BCUT2D eigenvalue weighted by Crippen LogP contribution is -2.36. The van der Waals surface area contributed by atoms with Crippen LogP contribution >= 0.6 is 0 Å². The average molecular weight is 412 g/mol. The van der Waals surface area contributed by atoms with E-state index in [1.54, 1.807) is 0 Å². The van der Waals surface area contributed by atoms with Crippen molar-refractivity contribution >= 4 is 23.5 Å². The van der Waals surface area contributed by atoms with Crippen molar-refractivity contribution in [3.05, 3.63) is 33.8 Å². The first-order chi connectivity index (χ1) is 14.2. The number of carbonyl (C=O) groups is 2. The van der Waals surface area contributed by atoms with Crippen molar-refractivity contribution in [2.24, 2.45) is 5.92 Å². The summed E-state index contributed by atoms with van der Waals surface area (Å²) < 4.78 is 2.52. The number of amides is 2. The maximum absolute atomic E-state index is 13.1. The molecular weight excluding hydrogens is 388 g/mol. The molecule has 0 saturated heterocycles. The van der Waals surface area contributed by atoms with Gasteiger partial charge in [0.05, 0.1) is 12.3 Å². The third kappa shape index (κ3) is 4.20. The molecule has 2 heterocycles. The number of hydrogen-bond acceptors (Lipinski definition) is 6. The molecule has 1 fully saturated rings. The number of carbonyl (C=O) groups excluding carboxylic acids is 2. The van der Waals surface area contributed by atoms with Gasteiger partial charge in [-0.05, 0) is 24.8 Å². The maximum atomic E-state index is 13.1. The second-order valence-electron chi connectivity index (χ2n) is 7.78. The van der Waals surface area contributed by atoms with Gasteiger partial charge in [0.25, 0.3) is 11.5 Å².